The molecule has 0 amide bonds. The van der Waals surface area contributed by atoms with Gasteiger partial charge in [-0.1, -0.05) is 40.5 Å². The quantitative estimate of drug-likeness (QED) is 0.712. The highest BCUT2D eigenvalue weighted by Crippen LogP contribution is 2.25. The highest BCUT2D eigenvalue weighted by atomic mass is 35.5. The number of nitrogens with two attached hydrogens (primary N) is 1. The van der Waals surface area contributed by atoms with Crippen molar-refractivity contribution < 1.29 is 13.9 Å². The van der Waals surface area contributed by atoms with Crippen LogP contribution in [-0.2, 0) is 4.74 Å². The molecule has 3 aromatic rings. The summed E-state index contributed by atoms with van der Waals surface area (Å²) >= 11 is 5.92. The summed E-state index contributed by atoms with van der Waals surface area (Å²) in [6, 6.07) is 13.9. The van der Waals surface area contributed by atoms with E-state index in [1.807, 2.05) is 18.2 Å². The fourth-order valence-corrected chi connectivity index (χ4v) is 2.67. The maximum atomic E-state index is 12.1. The zero-order valence-electron chi connectivity index (χ0n) is 15.7. The van der Waals surface area contributed by atoms with E-state index < -0.39 is 23.5 Å². The molecule has 8 heteroatoms. The summed E-state index contributed by atoms with van der Waals surface area (Å²) in [6.45, 7) is 5.08. The molecule has 0 aliphatic rings. The van der Waals surface area contributed by atoms with E-state index in [0.29, 0.717) is 15.3 Å². The number of benzene rings is 2. The summed E-state index contributed by atoms with van der Waals surface area (Å²) in [4.78, 5) is 24.1. The van der Waals surface area contributed by atoms with Crippen molar-refractivity contribution in [3.8, 4) is 11.5 Å². The smallest absolute Gasteiger partial charge is 0.442 e. The van der Waals surface area contributed by atoms with E-state index in [2.05, 4.69) is 5.10 Å². The van der Waals surface area contributed by atoms with Gasteiger partial charge in [-0.25, -0.2) is 9.59 Å². The van der Waals surface area contributed by atoms with E-state index >= 15 is 0 Å². The number of rotatable bonds is 3. The van der Waals surface area contributed by atoms with E-state index in [0.717, 1.165) is 11.1 Å². The molecule has 0 unspecified atom stereocenters. The molecule has 146 valence electrons. The van der Waals surface area contributed by atoms with Gasteiger partial charge in [0.2, 0.25) is 5.89 Å². The predicted octanol–water partition coefficient (Wildman–Crippen LogP) is 3.99. The molecule has 28 heavy (non-hydrogen) atoms. The second-order valence-electron chi connectivity index (χ2n) is 7.22. The highest BCUT2D eigenvalue weighted by molar-refractivity contribution is 6.30. The van der Waals surface area contributed by atoms with Crippen LogP contribution in [0.15, 0.2) is 57.7 Å². The molecule has 7 nitrogen and oxygen atoms in total. The van der Waals surface area contributed by atoms with Crippen molar-refractivity contribution >= 4 is 17.7 Å². The first-order valence-electron chi connectivity index (χ1n) is 8.59. The molecule has 1 atom stereocenters. The van der Waals surface area contributed by atoms with E-state index in [4.69, 9.17) is 26.5 Å². The van der Waals surface area contributed by atoms with Gasteiger partial charge >= 0.3 is 11.8 Å². The van der Waals surface area contributed by atoms with Gasteiger partial charge in [-0.05, 0) is 56.2 Å². The number of carbonyl (C=O) groups excluding carboxylic acids is 1. The number of hydrogen-bond acceptors (Lipinski definition) is 6. The normalized spacial score (nSPS) is 12.6. The number of ether oxygens (including phenoxy) is 1. The Kier molecular flexibility index (Phi) is 5.40. The third kappa shape index (κ3) is 4.49. The summed E-state index contributed by atoms with van der Waals surface area (Å²) < 4.78 is 10.8. The Hall–Kier alpha value is -2.90. The van der Waals surface area contributed by atoms with Crippen LogP contribution in [0.1, 0.15) is 37.9 Å². The molecule has 1 aromatic heterocycles. The summed E-state index contributed by atoms with van der Waals surface area (Å²) in [5, 5.41) is 4.58. The van der Waals surface area contributed by atoms with E-state index in [1.165, 1.54) is 0 Å². The first-order valence-corrected chi connectivity index (χ1v) is 8.97. The maximum Gasteiger partial charge on any atom is 0.447 e. The molecular weight excluding hydrogens is 382 g/mol. The summed E-state index contributed by atoms with van der Waals surface area (Å²) in [5.41, 5.74) is 7.75. The van der Waals surface area contributed by atoms with Gasteiger partial charge in [0.15, 0.2) is 0 Å². The lowest BCUT2D eigenvalue weighted by molar-refractivity contribution is 0.0503. The predicted molar refractivity (Wildman–Crippen MR) is 105 cm³/mol. The van der Waals surface area contributed by atoms with Crippen molar-refractivity contribution in [1.29, 1.82) is 0 Å². The zero-order valence-corrected chi connectivity index (χ0v) is 16.4. The lowest BCUT2D eigenvalue weighted by Crippen LogP contribution is -2.32. The molecule has 3 rings (SSSR count). The Morgan fingerprint density at radius 3 is 2.50 bits per heavy atom. The van der Waals surface area contributed by atoms with Gasteiger partial charge in [0.05, 0.1) is 6.04 Å². The first-order chi connectivity index (χ1) is 13.1. The SMILES string of the molecule is CC(C)(C)OC(=O)n1nc(-c2cccc([C@@H](N)c3ccc(Cl)cc3)c2)oc1=O. The standard InChI is InChI=1S/C20H20ClN3O4/c1-20(2,3)28-19(26)24-18(25)27-17(23-24)14-6-4-5-13(11-14)16(22)12-7-9-15(21)10-8-12/h4-11,16H,22H2,1-3H3/t16-/m0/s1. The van der Waals surface area contributed by atoms with Crippen molar-refractivity contribution in [2.45, 2.75) is 32.4 Å². The zero-order chi connectivity index (χ0) is 20.5. The van der Waals surface area contributed by atoms with Gasteiger partial charge in [-0.2, -0.15) is 0 Å². The largest absolute Gasteiger partial charge is 0.447 e. The second kappa shape index (κ2) is 7.61. The van der Waals surface area contributed by atoms with Gasteiger partial charge in [0, 0.05) is 10.6 Å². The van der Waals surface area contributed by atoms with Crippen molar-refractivity contribution in [3.05, 3.63) is 75.2 Å². The number of aromatic nitrogens is 2. The van der Waals surface area contributed by atoms with Gasteiger partial charge in [0.25, 0.3) is 0 Å². The van der Waals surface area contributed by atoms with Crippen LogP contribution in [0.25, 0.3) is 11.5 Å². The summed E-state index contributed by atoms with van der Waals surface area (Å²) in [6.07, 6.45) is -0.901. The molecule has 0 spiro atoms. The van der Waals surface area contributed by atoms with Crippen molar-refractivity contribution in [3.63, 3.8) is 0 Å². The minimum atomic E-state index is -0.920. The van der Waals surface area contributed by atoms with E-state index in [-0.39, 0.29) is 5.89 Å². The van der Waals surface area contributed by atoms with Gasteiger partial charge in [-0.15, -0.1) is 5.10 Å². The second-order valence-corrected chi connectivity index (χ2v) is 7.66. The maximum absolute atomic E-state index is 12.1. The monoisotopic (exact) mass is 401 g/mol. The van der Waals surface area contributed by atoms with E-state index in [9.17, 15) is 9.59 Å². The third-order valence-electron chi connectivity index (χ3n) is 3.84. The average Bonchev–Trinajstić information content (AvgIpc) is 3.02. The Bertz CT molecular complexity index is 1050. The average molecular weight is 402 g/mol. The minimum Gasteiger partial charge on any atom is -0.442 e. The fourth-order valence-electron chi connectivity index (χ4n) is 2.54. The molecule has 2 N–H and O–H groups in total. The molecule has 0 bridgehead atoms. The fraction of sp³-hybridized carbons (Fsp3) is 0.250. The first kappa shape index (κ1) is 19.9. The molecule has 0 aliphatic carbocycles. The van der Waals surface area contributed by atoms with Crippen LogP contribution in [0.4, 0.5) is 4.79 Å². The molecule has 0 saturated carbocycles. The van der Waals surface area contributed by atoms with Crippen LogP contribution in [0.3, 0.4) is 0 Å². The molecule has 0 aliphatic heterocycles. The molecule has 0 saturated heterocycles. The van der Waals surface area contributed by atoms with Crippen LogP contribution >= 0.6 is 11.6 Å². The number of halogens is 1. The van der Waals surface area contributed by atoms with Gasteiger partial charge in [0.1, 0.15) is 5.60 Å². The number of hydrogen-bond donors (Lipinski definition) is 1. The lowest BCUT2D eigenvalue weighted by Gasteiger charge is -2.18. The molecule has 2 aromatic carbocycles. The Morgan fingerprint density at radius 2 is 1.86 bits per heavy atom. The summed E-state index contributed by atoms with van der Waals surface area (Å²) in [7, 11) is 0. The van der Waals surface area contributed by atoms with Gasteiger partial charge < -0.3 is 14.9 Å². The highest BCUT2D eigenvalue weighted by Gasteiger charge is 2.23. The lowest BCUT2D eigenvalue weighted by atomic mass is 9.98. The Labute approximate surface area is 166 Å². The summed E-state index contributed by atoms with van der Waals surface area (Å²) in [5.74, 6) is -0.919. The van der Waals surface area contributed by atoms with Crippen molar-refractivity contribution in [1.82, 2.24) is 9.78 Å². The van der Waals surface area contributed by atoms with Crippen LogP contribution in [0.5, 0.6) is 0 Å². The van der Waals surface area contributed by atoms with E-state index in [1.54, 1.807) is 51.1 Å². The number of carbonyl (C=O) groups is 1. The topological polar surface area (TPSA) is 100 Å². The molecule has 0 fully saturated rings. The molecule has 0 radical (unpaired) electrons. The van der Waals surface area contributed by atoms with Crippen LogP contribution in [0, 0.1) is 0 Å². The minimum absolute atomic E-state index is 0.000940. The molecule has 1 heterocycles. The molecular formula is C20H20ClN3O4. The van der Waals surface area contributed by atoms with Crippen molar-refractivity contribution in [2.75, 3.05) is 0 Å². The number of nitrogens with zero attached hydrogens (tertiary/aromatic N) is 2. The Balaban J connectivity index is 1.90. The van der Waals surface area contributed by atoms with Crippen molar-refractivity contribution in [2.24, 2.45) is 5.73 Å². The van der Waals surface area contributed by atoms with Crippen LogP contribution in [-0.4, -0.2) is 21.5 Å². The van der Waals surface area contributed by atoms with Crippen LogP contribution in [0.2, 0.25) is 5.02 Å². The van der Waals surface area contributed by atoms with Gasteiger partial charge in [-0.3, -0.25) is 0 Å². The Morgan fingerprint density at radius 1 is 1.18 bits per heavy atom. The third-order valence-corrected chi connectivity index (χ3v) is 4.09. The van der Waals surface area contributed by atoms with Crippen LogP contribution < -0.4 is 11.5 Å².